The van der Waals surface area contributed by atoms with E-state index < -0.39 is 0 Å². The van der Waals surface area contributed by atoms with Crippen molar-refractivity contribution in [1.29, 1.82) is 0 Å². The number of rotatable bonds is 3. The molecule has 2 aromatic carbocycles. The highest BCUT2D eigenvalue weighted by molar-refractivity contribution is 9.10. The van der Waals surface area contributed by atoms with Crippen LogP contribution in [-0.4, -0.2) is 4.99 Å². The van der Waals surface area contributed by atoms with Gasteiger partial charge in [-0.3, -0.25) is 0 Å². The lowest BCUT2D eigenvalue weighted by molar-refractivity contribution is 0.628. The van der Waals surface area contributed by atoms with Crippen LogP contribution in [0.4, 0.5) is 15.8 Å². The lowest BCUT2D eigenvalue weighted by Gasteiger charge is -2.13. The SMILES string of the molecule is NC(=S)c1ccc(Br)cc1Nc1cc(F)ccc1Br. The molecule has 0 unspecified atom stereocenters. The van der Waals surface area contributed by atoms with Crippen LogP contribution in [0.5, 0.6) is 0 Å². The fourth-order valence-corrected chi connectivity index (χ4v) is 2.46. The third-order valence-electron chi connectivity index (χ3n) is 2.44. The minimum atomic E-state index is -0.322. The predicted octanol–water partition coefficient (Wildman–Crippen LogP) is 4.73. The Labute approximate surface area is 132 Å². The Bertz CT molecular complexity index is 647. The van der Waals surface area contributed by atoms with E-state index in [-0.39, 0.29) is 10.8 Å². The quantitative estimate of drug-likeness (QED) is 0.727. The molecule has 3 N–H and O–H groups in total. The highest BCUT2D eigenvalue weighted by Crippen LogP contribution is 2.30. The van der Waals surface area contributed by atoms with Crippen molar-refractivity contribution < 1.29 is 4.39 Å². The number of hydrogen-bond donors (Lipinski definition) is 2. The van der Waals surface area contributed by atoms with Gasteiger partial charge >= 0.3 is 0 Å². The van der Waals surface area contributed by atoms with E-state index in [0.29, 0.717) is 16.9 Å². The number of thiocarbonyl (C=S) groups is 1. The van der Waals surface area contributed by atoms with Gasteiger partial charge in [0.1, 0.15) is 10.8 Å². The summed E-state index contributed by atoms with van der Waals surface area (Å²) in [5, 5.41) is 3.12. The molecule has 0 amide bonds. The smallest absolute Gasteiger partial charge is 0.125 e. The number of halogens is 3. The molecule has 0 saturated carbocycles. The molecule has 0 aliphatic rings. The number of nitrogens with two attached hydrogens (primary N) is 1. The van der Waals surface area contributed by atoms with E-state index in [2.05, 4.69) is 37.2 Å². The minimum Gasteiger partial charge on any atom is -0.389 e. The van der Waals surface area contributed by atoms with Gasteiger partial charge in [-0.25, -0.2) is 4.39 Å². The molecule has 98 valence electrons. The molecule has 0 atom stereocenters. The van der Waals surface area contributed by atoms with Crippen LogP contribution in [0.1, 0.15) is 5.56 Å². The second-order valence-corrected chi connectivity index (χ2v) is 6.01. The minimum absolute atomic E-state index is 0.280. The third kappa shape index (κ3) is 3.52. The fourth-order valence-electron chi connectivity index (χ4n) is 1.57. The van der Waals surface area contributed by atoms with Gasteiger partial charge < -0.3 is 11.1 Å². The van der Waals surface area contributed by atoms with Crippen molar-refractivity contribution in [3.8, 4) is 0 Å². The van der Waals surface area contributed by atoms with E-state index in [1.807, 2.05) is 18.2 Å². The van der Waals surface area contributed by atoms with Crippen LogP contribution < -0.4 is 11.1 Å². The van der Waals surface area contributed by atoms with Gasteiger partial charge in [0.05, 0.1) is 5.69 Å². The Morgan fingerprint density at radius 3 is 2.53 bits per heavy atom. The molecule has 0 aliphatic heterocycles. The average molecular weight is 404 g/mol. The molecule has 2 rings (SSSR count). The molecule has 0 fully saturated rings. The van der Waals surface area contributed by atoms with Crippen molar-refractivity contribution >= 4 is 60.4 Å². The first-order valence-corrected chi connectivity index (χ1v) is 7.28. The molecule has 0 heterocycles. The number of hydrogen-bond acceptors (Lipinski definition) is 2. The summed E-state index contributed by atoms with van der Waals surface area (Å²) < 4.78 is 14.9. The normalized spacial score (nSPS) is 10.3. The molecule has 0 aliphatic carbocycles. The predicted molar refractivity (Wildman–Crippen MR) is 87.4 cm³/mol. The van der Waals surface area contributed by atoms with Crippen LogP contribution in [0.2, 0.25) is 0 Å². The molecule has 6 heteroatoms. The molecule has 2 nitrogen and oxygen atoms in total. The summed E-state index contributed by atoms with van der Waals surface area (Å²) in [5.74, 6) is -0.322. The summed E-state index contributed by atoms with van der Waals surface area (Å²) in [7, 11) is 0. The fraction of sp³-hybridized carbons (Fsp3) is 0. The van der Waals surface area contributed by atoms with Gasteiger partial charge in [0.2, 0.25) is 0 Å². The molecule has 0 bridgehead atoms. The Hall–Kier alpha value is -0.980. The van der Waals surface area contributed by atoms with Crippen molar-refractivity contribution in [1.82, 2.24) is 0 Å². The topological polar surface area (TPSA) is 38.0 Å². The Morgan fingerprint density at radius 1 is 1.11 bits per heavy atom. The zero-order chi connectivity index (χ0) is 14.0. The molecule has 19 heavy (non-hydrogen) atoms. The van der Waals surface area contributed by atoms with Crippen LogP contribution in [0.3, 0.4) is 0 Å². The number of nitrogens with one attached hydrogen (secondary N) is 1. The molecule has 0 spiro atoms. The monoisotopic (exact) mass is 402 g/mol. The summed E-state index contributed by atoms with van der Waals surface area (Å²) >= 11 is 11.7. The molecule has 0 aromatic heterocycles. The van der Waals surface area contributed by atoms with Gasteiger partial charge in [-0.2, -0.15) is 0 Å². The summed E-state index contributed by atoms with van der Waals surface area (Å²) in [6.07, 6.45) is 0. The van der Waals surface area contributed by atoms with E-state index in [4.69, 9.17) is 18.0 Å². The van der Waals surface area contributed by atoms with E-state index in [1.165, 1.54) is 12.1 Å². The van der Waals surface area contributed by atoms with Gasteiger partial charge in [0.15, 0.2) is 0 Å². The van der Waals surface area contributed by atoms with E-state index in [0.717, 1.165) is 8.95 Å². The second-order valence-electron chi connectivity index (χ2n) is 3.80. The van der Waals surface area contributed by atoms with Gasteiger partial charge in [0, 0.05) is 20.2 Å². The molecule has 0 saturated heterocycles. The maximum absolute atomic E-state index is 13.3. The third-order valence-corrected chi connectivity index (χ3v) is 3.85. The van der Waals surface area contributed by atoms with Crippen LogP contribution in [-0.2, 0) is 0 Å². The maximum atomic E-state index is 13.3. The molecular formula is C13H9Br2FN2S. The van der Waals surface area contributed by atoms with Gasteiger partial charge in [-0.1, -0.05) is 28.1 Å². The van der Waals surface area contributed by atoms with Gasteiger partial charge in [-0.15, -0.1) is 0 Å². The zero-order valence-electron chi connectivity index (χ0n) is 9.58. The maximum Gasteiger partial charge on any atom is 0.125 e. The lowest BCUT2D eigenvalue weighted by Crippen LogP contribution is -2.12. The molecular weight excluding hydrogens is 395 g/mol. The van der Waals surface area contributed by atoms with E-state index in [9.17, 15) is 4.39 Å². The van der Waals surface area contributed by atoms with Crippen LogP contribution in [0.15, 0.2) is 45.3 Å². The average Bonchev–Trinajstić information content (AvgIpc) is 2.33. The lowest BCUT2D eigenvalue weighted by atomic mass is 10.1. The Balaban J connectivity index is 2.45. The van der Waals surface area contributed by atoms with Crippen LogP contribution in [0, 0.1) is 5.82 Å². The van der Waals surface area contributed by atoms with Crippen LogP contribution >= 0.6 is 44.1 Å². The Morgan fingerprint density at radius 2 is 1.84 bits per heavy atom. The van der Waals surface area contributed by atoms with Crippen molar-refractivity contribution in [2.45, 2.75) is 0 Å². The van der Waals surface area contributed by atoms with Crippen molar-refractivity contribution in [2.24, 2.45) is 5.73 Å². The first kappa shape index (κ1) is 14.4. The largest absolute Gasteiger partial charge is 0.389 e. The first-order valence-electron chi connectivity index (χ1n) is 5.29. The van der Waals surface area contributed by atoms with Crippen molar-refractivity contribution in [2.75, 3.05) is 5.32 Å². The first-order chi connectivity index (χ1) is 8.97. The van der Waals surface area contributed by atoms with Crippen LogP contribution in [0.25, 0.3) is 0 Å². The van der Waals surface area contributed by atoms with Gasteiger partial charge in [-0.05, 0) is 52.3 Å². The number of anilines is 2. The Kier molecular flexibility index (Phi) is 4.54. The summed E-state index contributed by atoms with van der Waals surface area (Å²) in [4.78, 5) is 0.280. The molecule has 2 aromatic rings. The highest BCUT2D eigenvalue weighted by Gasteiger charge is 2.08. The summed E-state index contributed by atoms with van der Waals surface area (Å²) in [6, 6.07) is 9.91. The standard InChI is InChI=1S/C13H9Br2FN2S/c14-7-1-3-9(13(17)19)11(5-7)18-12-6-8(16)2-4-10(12)15/h1-6,18H,(H2,17,19). The zero-order valence-corrected chi connectivity index (χ0v) is 13.6. The highest BCUT2D eigenvalue weighted by atomic mass is 79.9. The van der Waals surface area contributed by atoms with E-state index >= 15 is 0 Å². The van der Waals surface area contributed by atoms with E-state index in [1.54, 1.807) is 6.07 Å². The molecule has 0 radical (unpaired) electrons. The van der Waals surface area contributed by atoms with Crippen molar-refractivity contribution in [3.05, 3.63) is 56.7 Å². The summed E-state index contributed by atoms with van der Waals surface area (Å²) in [5.41, 5.74) is 7.70. The van der Waals surface area contributed by atoms with Gasteiger partial charge in [0.25, 0.3) is 0 Å². The summed E-state index contributed by atoms with van der Waals surface area (Å²) in [6.45, 7) is 0. The number of benzene rings is 2. The second kappa shape index (κ2) is 5.98. The van der Waals surface area contributed by atoms with Crippen molar-refractivity contribution in [3.63, 3.8) is 0 Å².